The van der Waals surface area contributed by atoms with Crippen molar-refractivity contribution in [1.82, 2.24) is 0 Å². The Labute approximate surface area is 85.4 Å². The van der Waals surface area contributed by atoms with Crippen molar-refractivity contribution >= 4 is 8.07 Å². The third-order valence-corrected chi connectivity index (χ3v) is 2.03. The maximum atomic E-state index is 13.3. The van der Waals surface area contributed by atoms with Crippen molar-refractivity contribution in [2.75, 3.05) is 0 Å². The Kier molecular flexibility index (Phi) is 1.62. The molecule has 0 atom stereocenters. The van der Waals surface area contributed by atoms with Crippen LogP contribution in [-0.4, -0.2) is 8.07 Å². The van der Waals surface area contributed by atoms with Crippen LogP contribution in [0.1, 0.15) is 11.0 Å². The van der Waals surface area contributed by atoms with Crippen molar-refractivity contribution in [3.05, 3.63) is 35.6 Å². The van der Waals surface area contributed by atoms with Gasteiger partial charge in [-0.1, -0.05) is 25.6 Å². The lowest BCUT2D eigenvalue weighted by molar-refractivity contribution is 0.627. The van der Waals surface area contributed by atoms with Gasteiger partial charge in [0.25, 0.3) is 0 Å². The van der Waals surface area contributed by atoms with Gasteiger partial charge in [0.05, 0.1) is 5.48 Å². The first-order valence-corrected chi connectivity index (χ1v) is 7.44. The highest BCUT2D eigenvalue weighted by Gasteiger charge is 2.07. The predicted molar refractivity (Wildman–Crippen MR) is 56.6 cm³/mol. The summed E-state index contributed by atoms with van der Waals surface area (Å²) in [6, 6.07) is -2.14. The van der Waals surface area contributed by atoms with Gasteiger partial charge in [-0.3, -0.25) is 0 Å². The van der Waals surface area contributed by atoms with Crippen LogP contribution in [0.3, 0.4) is 0 Å². The first kappa shape index (κ1) is 5.61. The Morgan fingerprint density at radius 3 is 2.23 bits per heavy atom. The van der Waals surface area contributed by atoms with E-state index in [0.717, 1.165) is 0 Å². The Bertz CT molecular complexity index is 494. The maximum Gasteiger partial charge on any atom is 0.129 e. The van der Waals surface area contributed by atoms with Crippen molar-refractivity contribution in [3.8, 4) is 11.5 Å². The zero-order chi connectivity index (χ0) is 13.4. The van der Waals surface area contributed by atoms with E-state index >= 15 is 0 Å². The number of benzene rings is 1. The summed E-state index contributed by atoms with van der Waals surface area (Å²) < 4.78 is 43.0. The van der Waals surface area contributed by atoms with Crippen LogP contribution in [0.2, 0.25) is 19.6 Å². The predicted octanol–water partition coefficient (Wildman–Crippen LogP) is 3.05. The molecule has 0 aromatic heterocycles. The molecule has 0 fully saturated rings. The van der Waals surface area contributed by atoms with Crippen LogP contribution in [0, 0.1) is 17.3 Å². The molecule has 0 bridgehead atoms. The fraction of sp³-hybridized carbons (Fsp3) is 0.273. The Balaban J connectivity index is 3.49. The van der Waals surface area contributed by atoms with Gasteiger partial charge < -0.3 is 0 Å². The molecule has 0 saturated heterocycles. The molecule has 0 saturated carbocycles. The van der Waals surface area contributed by atoms with Crippen molar-refractivity contribution in [3.63, 3.8) is 0 Å². The monoisotopic (exact) mass is 196 g/mol. The lowest BCUT2D eigenvalue weighted by atomic mass is 10.2. The van der Waals surface area contributed by atoms with Crippen molar-refractivity contribution in [2.45, 2.75) is 19.6 Å². The zero-order valence-electron chi connectivity index (χ0n) is 11.9. The minimum atomic E-state index is -1.68. The topological polar surface area (TPSA) is 0 Å². The number of halogens is 1. The average molecular weight is 196 g/mol. The minimum absolute atomic E-state index is 0.0242. The highest BCUT2D eigenvalue weighted by molar-refractivity contribution is 6.83. The zero-order valence-corrected chi connectivity index (χ0v) is 8.88. The molecule has 0 heterocycles. The van der Waals surface area contributed by atoms with Gasteiger partial charge in [0.1, 0.15) is 13.9 Å². The average Bonchev–Trinajstić information content (AvgIpc) is 2.22. The number of hydrogen-bond acceptors (Lipinski definition) is 0. The summed E-state index contributed by atoms with van der Waals surface area (Å²) in [5.41, 5.74) is 2.93. The molecule has 1 aromatic rings. The first-order valence-electron chi connectivity index (χ1n) is 5.94. The van der Waals surface area contributed by atoms with E-state index in [2.05, 4.69) is 11.5 Å². The van der Waals surface area contributed by atoms with Gasteiger partial charge in [0.15, 0.2) is 0 Å². The Morgan fingerprint density at radius 1 is 1.23 bits per heavy atom. The quantitative estimate of drug-likeness (QED) is 0.442. The van der Waals surface area contributed by atoms with E-state index in [9.17, 15) is 4.39 Å². The van der Waals surface area contributed by atoms with Crippen molar-refractivity contribution in [2.24, 2.45) is 0 Å². The third-order valence-electron chi connectivity index (χ3n) is 1.16. The van der Waals surface area contributed by atoms with E-state index in [0.29, 0.717) is 0 Å². The van der Waals surface area contributed by atoms with Crippen LogP contribution in [-0.2, 0) is 0 Å². The summed E-state index contributed by atoms with van der Waals surface area (Å²) in [4.78, 5) is 0. The molecule has 13 heavy (non-hydrogen) atoms. The summed E-state index contributed by atoms with van der Waals surface area (Å²) >= 11 is 0. The van der Waals surface area contributed by atoms with Gasteiger partial charge in [-0.05, 0) is 24.2 Å². The number of rotatable bonds is 0. The van der Waals surface area contributed by atoms with Crippen LogP contribution < -0.4 is 0 Å². The van der Waals surface area contributed by atoms with Gasteiger partial charge in [0.2, 0.25) is 0 Å². The summed E-state index contributed by atoms with van der Waals surface area (Å²) in [7, 11) is -1.68. The molecule has 2 heteroatoms. The molecule has 0 aliphatic rings. The molecule has 68 valence electrons. The standard InChI is InChI=1S/C11H13FSi/c1-13(2,3)9-8-10-4-6-11(12)7-5-10/h4-7H,1-3H3/i4D,5D,6D,7D. The molecular weight excluding hydrogens is 179 g/mol. The van der Waals surface area contributed by atoms with E-state index in [4.69, 9.17) is 5.48 Å². The fourth-order valence-corrected chi connectivity index (χ4v) is 1.11. The minimum Gasteiger partial charge on any atom is -0.207 e. The molecule has 0 nitrogen and oxygen atoms in total. The normalized spacial score (nSPS) is 14.8. The van der Waals surface area contributed by atoms with E-state index in [1.807, 2.05) is 19.6 Å². The smallest absolute Gasteiger partial charge is 0.129 e. The van der Waals surface area contributed by atoms with E-state index in [1.165, 1.54) is 0 Å². The summed E-state index contributed by atoms with van der Waals surface area (Å²) in [6.45, 7) is 6.00. The Morgan fingerprint density at radius 2 is 1.77 bits per heavy atom. The molecule has 1 aromatic carbocycles. The van der Waals surface area contributed by atoms with Crippen LogP contribution in [0.4, 0.5) is 4.39 Å². The molecule has 0 spiro atoms. The van der Waals surface area contributed by atoms with Gasteiger partial charge in [0, 0.05) is 5.56 Å². The van der Waals surface area contributed by atoms with E-state index < -0.39 is 38.1 Å². The van der Waals surface area contributed by atoms with Crippen LogP contribution in [0.15, 0.2) is 24.2 Å². The second-order valence-corrected chi connectivity index (χ2v) is 8.44. The molecule has 0 N–H and O–H groups in total. The summed E-state index contributed by atoms with van der Waals surface area (Å²) in [5, 5.41) is 0. The second-order valence-electron chi connectivity index (χ2n) is 3.69. The maximum absolute atomic E-state index is 13.3. The molecule has 0 aliphatic heterocycles. The molecule has 0 unspecified atom stereocenters. The summed E-state index contributed by atoms with van der Waals surface area (Å²) in [6.07, 6.45) is 0. The second kappa shape index (κ2) is 3.76. The SMILES string of the molecule is [2H]c1c([2H])c(C#C[Si](C)(C)C)c([2H])c([2H])c1F. The Hall–Kier alpha value is -1.07. The fourth-order valence-electron chi connectivity index (χ4n) is 0.610. The van der Waals surface area contributed by atoms with Crippen LogP contribution in [0.5, 0.6) is 0 Å². The number of hydrogen-bond donors (Lipinski definition) is 0. The third kappa shape index (κ3) is 3.91. The van der Waals surface area contributed by atoms with Gasteiger partial charge in [-0.25, -0.2) is 4.39 Å². The highest BCUT2D eigenvalue weighted by atomic mass is 28.3. The van der Waals surface area contributed by atoms with E-state index in [-0.39, 0.29) is 5.56 Å². The molecule has 1 rings (SSSR count). The van der Waals surface area contributed by atoms with Gasteiger partial charge in [-0.15, -0.1) is 5.54 Å². The van der Waals surface area contributed by atoms with Crippen LogP contribution >= 0.6 is 0 Å². The molecule has 0 aliphatic carbocycles. The molecule has 0 radical (unpaired) electrons. The molecule has 0 amide bonds. The van der Waals surface area contributed by atoms with Crippen molar-refractivity contribution < 1.29 is 9.87 Å². The summed E-state index contributed by atoms with van der Waals surface area (Å²) in [5.74, 6) is 1.53. The van der Waals surface area contributed by atoms with Crippen molar-refractivity contribution in [1.29, 1.82) is 0 Å². The van der Waals surface area contributed by atoms with Gasteiger partial charge in [-0.2, -0.15) is 0 Å². The lowest BCUT2D eigenvalue weighted by Crippen LogP contribution is -2.16. The highest BCUT2D eigenvalue weighted by Crippen LogP contribution is 2.02. The van der Waals surface area contributed by atoms with E-state index in [1.54, 1.807) is 0 Å². The van der Waals surface area contributed by atoms with Gasteiger partial charge >= 0.3 is 0 Å². The van der Waals surface area contributed by atoms with Crippen LogP contribution in [0.25, 0.3) is 0 Å². The lowest BCUT2D eigenvalue weighted by Gasteiger charge is -2.03. The largest absolute Gasteiger partial charge is 0.207 e. The molecular formula is C11H13FSi. The first-order chi connectivity index (χ1) is 7.65.